The fourth-order valence-corrected chi connectivity index (χ4v) is 4.38. The first-order valence-corrected chi connectivity index (χ1v) is 11.1. The predicted octanol–water partition coefficient (Wildman–Crippen LogP) is 6.38. The predicted molar refractivity (Wildman–Crippen MR) is 126 cm³/mol. The van der Waals surface area contributed by atoms with Crippen molar-refractivity contribution >= 4 is 17.0 Å². The SMILES string of the molecule is CCc1ccc(-c2csc(=Nc3ccc(C)cc3)n2Cc2ccccc2OC)cc1. The molecule has 0 spiro atoms. The summed E-state index contributed by atoms with van der Waals surface area (Å²) < 4.78 is 7.88. The van der Waals surface area contributed by atoms with Crippen molar-refractivity contribution in [3.05, 3.63) is 99.7 Å². The van der Waals surface area contributed by atoms with Gasteiger partial charge in [0.2, 0.25) is 0 Å². The van der Waals surface area contributed by atoms with Crippen molar-refractivity contribution in [3.8, 4) is 17.0 Å². The van der Waals surface area contributed by atoms with Gasteiger partial charge in [-0.2, -0.15) is 0 Å². The molecule has 0 aliphatic rings. The van der Waals surface area contributed by atoms with Gasteiger partial charge < -0.3 is 9.30 Å². The number of aromatic nitrogens is 1. The first-order chi connectivity index (χ1) is 14.7. The van der Waals surface area contributed by atoms with Crippen LogP contribution in [0, 0.1) is 6.92 Å². The molecular formula is C26H26N2OS. The minimum absolute atomic E-state index is 0.697. The lowest BCUT2D eigenvalue weighted by atomic mass is 10.1. The van der Waals surface area contributed by atoms with Crippen molar-refractivity contribution in [3.63, 3.8) is 0 Å². The Bertz CT molecular complexity index is 1180. The summed E-state index contributed by atoms with van der Waals surface area (Å²) in [6, 6.07) is 25.3. The molecule has 0 unspecified atom stereocenters. The number of rotatable bonds is 6. The van der Waals surface area contributed by atoms with E-state index in [0.29, 0.717) is 6.54 Å². The Balaban J connectivity index is 1.84. The third-order valence-corrected chi connectivity index (χ3v) is 6.10. The smallest absolute Gasteiger partial charge is 0.190 e. The maximum atomic E-state index is 5.60. The summed E-state index contributed by atoms with van der Waals surface area (Å²) in [5, 5.41) is 2.20. The van der Waals surface area contributed by atoms with Crippen molar-refractivity contribution in [1.82, 2.24) is 4.57 Å². The average molecular weight is 415 g/mol. The summed E-state index contributed by atoms with van der Waals surface area (Å²) in [4.78, 5) is 5.93. The van der Waals surface area contributed by atoms with Crippen LogP contribution in [0.3, 0.4) is 0 Å². The highest BCUT2D eigenvalue weighted by molar-refractivity contribution is 7.07. The number of hydrogen-bond donors (Lipinski definition) is 0. The number of hydrogen-bond acceptors (Lipinski definition) is 3. The van der Waals surface area contributed by atoms with E-state index in [9.17, 15) is 0 Å². The van der Waals surface area contributed by atoms with Crippen LogP contribution in [0.1, 0.15) is 23.6 Å². The van der Waals surface area contributed by atoms with Crippen LogP contribution in [0.15, 0.2) is 83.2 Å². The van der Waals surface area contributed by atoms with Crippen LogP contribution in [0.2, 0.25) is 0 Å². The molecule has 0 fully saturated rings. The molecule has 0 amide bonds. The second-order valence-corrected chi connectivity index (χ2v) is 8.14. The van der Waals surface area contributed by atoms with Crippen LogP contribution in [-0.4, -0.2) is 11.7 Å². The van der Waals surface area contributed by atoms with Gasteiger partial charge >= 0.3 is 0 Å². The molecule has 0 aliphatic carbocycles. The standard InChI is InChI=1S/C26H26N2OS/c1-4-20-11-13-21(14-12-20)24-18-30-26(27-23-15-9-19(2)10-16-23)28(24)17-22-7-5-6-8-25(22)29-3/h5-16,18H,4,17H2,1-3H3. The fourth-order valence-electron chi connectivity index (χ4n) is 3.45. The lowest BCUT2D eigenvalue weighted by Gasteiger charge is -2.13. The van der Waals surface area contributed by atoms with E-state index < -0.39 is 0 Å². The third-order valence-electron chi connectivity index (χ3n) is 5.24. The Kier molecular flexibility index (Phi) is 6.15. The highest BCUT2D eigenvalue weighted by atomic mass is 32.1. The van der Waals surface area contributed by atoms with E-state index >= 15 is 0 Å². The zero-order chi connectivity index (χ0) is 20.9. The molecule has 0 N–H and O–H groups in total. The van der Waals surface area contributed by atoms with Crippen molar-refractivity contribution < 1.29 is 4.74 Å². The van der Waals surface area contributed by atoms with Crippen LogP contribution >= 0.6 is 11.3 Å². The van der Waals surface area contributed by atoms with Gasteiger partial charge in [0, 0.05) is 10.9 Å². The molecule has 3 aromatic carbocycles. The zero-order valence-electron chi connectivity index (χ0n) is 17.6. The molecule has 0 saturated heterocycles. The van der Waals surface area contributed by atoms with Crippen molar-refractivity contribution in [2.24, 2.45) is 4.99 Å². The van der Waals surface area contributed by atoms with Gasteiger partial charge in [0.15, 0.2) is 4.80 Å². The number of para-hydroxylation sites is 1. The first-order valence-electron chi connectivity index (χ1n) is 10.2. The molecule has 4 heteroatoms. The van der Waals surface area contributed by atoms with E-state index in [0.717, 1.165) is 28.2 Å². The summed E-state index contributed by atoms with van der Waals surface area (Å²) in [6.45, 7) is 4.97. The Morgan fingerprint density at radius 1 is 0.933 bits per heavy atom. The highest BCUT2D eigenvalue weighted by Gasteiger charge is 2.11. The Hall–Kier alpha value is -3.11. The first kappa shape index (κ1) is 20.2. The topological polar surface area (TPSA) is 26.5 Å². The monoisotopic (exact) mass is 414 g/mol. The van der Waals surface area contributed by atoms with Crippen molar-refractivity contribution in [1.29, 1.82) is 0 Å². The number of methoxy groups -OCH3 is 1. The number of nitrogens with zero attached hydrogens (tertiary/aromatic N) is 2. The Morgan fingerprint density at radius 3 is 2.37 bits per heavy atom. The lowest BCUT2D eigenvalue weighted by Crippen LogP contribution is -2.17. The Labute approximate surface area is 182 Å². The van der Waals surface area contributed by atoms with Crippen LogP contribution in [0.5, 0.6) is 5.75 Å². The van der Waals surface area contributed by atoms with Crippen LogP contribution in [0.25, 0.3) is 11.3 Å². The summed E-state index contributed by atoms with van der Waals surface area (Å²) >= 11 is 1.67. The molecule has 1 heterocycles. The summed E-state index contributed by atoms with van der Waals surface area (Å²) in [5.74, 6) is 0.893. The molecule has 30 heavy (non-hydrogen) atoms. The van der Waals surface area contributed by atoms with E-state index in [4.69, 9.17) is 9.73 Å². The van der Waals surface area contributed by atoms with Gasteiger partial charge in [-0.1, -0.05) is 67.1 Å². The van der Waals surface area contributed by atoms with Crippen LogP contribution in [-0.2, 0) is 13.0 Å². The molecule has 3 nitrogen and oxygen atoms in total. The second-order valence-electron chi connectivity index (χ2n) is 7.30. The van der Waals surface area contributed by atoms with E-state index in [-0.39, 0.29) is 0 Å². The zero-order valence-corrected chi connectivity index (χ0v) is 18.4. The van der Waals surface area contributed by atoms with Crippen LogP contribution in [0.4, 0.5) is 5.69 Å². The van der Waals surface area contributed by atoms with Gasteiger partial charge in [-0.3, -0.25) is 0 Å². The number of thiazole rings is 1. The lowest BCUT2D eigenvalue weighted by molar-refractivity contribution is 0.408. The minimum atomic E-state index is 0.697. The van der Waals surface area contributed by atoms with Gasteiger partial charge in [-0.05, 0) is 42.7 Å². The normalized spacial score (nSPS) is 11.6. The van der Waals surface area contributed by atoms with Crippen molar-refractivity contribution in [2.45, 2.75) is 26.8 Å². The molecule has 0 atom stereocenters. The number of aryl methyl sites for hydroxylation is 2. The molecule has 152 valence electrons. The molecule has 0 aliphatic heterocycles. The van der Waals surface area contributed by atoms with Crippen LogP contribution < -0.4 is 9.54 Å². The summed E-state index contributed by atoms with van der Waals surface area (Å²) in [6.07, 6.45) is 1.04. The van der Waals surface area contributed by atoms with Gasteiger partial charge in [-0.25, -0.2) is 4.99 Å². The van der Waals surface area contributed by atoms with Gasteiger partial charge in [0.25, 0.3) is 0 Å². The quantitative estimate of drug-likeness (QED) is 0.360. The molecular weight excluding hydrogens is 388 g/mol. The van der Waals surface area contributed by atoms with E-state index in [1.54, 1.807) is 18.4 Å². The molecule has 4 aromatic rings. The van der Waals surface area contributed by atoms with E-state index in [1.807, 2.05) is 12.1 Å². The summed E-state index contributed by atoms with van der Waals surface area (Å²) in [7, 11) is 1.72. The fraction of sp³-hybridized carbons (Fsp3) is 0.192. The minimum Gasteiger partial charge on any atom is -0.496 e. The molecule has 4 rings (SSSR count). The molecule has 0 bridgehead atoms. The summed E-state index contributed by atoms with van der Waals surface area (Å²) in [5.41, 5.74) is 7.04. The van der Waals surface area contributed by atoms with E-state index in [1.165, 1.54) is 22.4 Å². The molecule has 1 aromatic heterocycles. The Morgan fingerprint density at radius 2 is 1.67 bits per heavy atom. The largest absolute Gasteiger partial charge is 0.496 e. The maximum absolute atomic E-state index is 5.60. The third kappa shape index (κ3) is 4.39. The second kappa shape index (κ2) is 9.14. The van der Waals surface area contributed by atoms with Crippen molar-refractivity contribution in [2.75, 3.05) is 7.11 Å². The van der Waals surface area contributed by atoms with Gasteiger partial charge in [0.05, 0.1) is 25.0 Å². The number of ether oxygens (including phenoxy) is 1. The molecule has 0 radical (unpaired) electrons. The maximum Gasteiger partial charge on any atom is 0.190 e. The number of benzene rings is 3. The highest BCUT2D eigenvalue weighted by Crippen LogP contribution is 2.25. The van der Waals surface area contributed by atoms with E-state index in [2.05, 4.69) is 84.5 Å². The van der Waals surface area contributed by atoms with Gasteiger partial charge in [0.1, 0.15) is 5.75 Å². The van der Waals surface area contributed by atoms with Gasteiger partial charge in [-0.15, -0.1) is 11.3 Å². The molecule has 0 saturated carbocycles. The average Bonchev–Trinajstić information content (AvgIpc) is 3.17.